The third-order valence-corrected chi connectivity index (χ3v) is 10.1. The second kappa shape index (κ2) is 25.7. The number of para-hydroxylation sites is 1. The molecule has 0 aliphatic rings. The summed E-state index contributed by atoms with van der Waals surface area (Å²) < 4.78 is 27.7. The van der Waals surface area contributed by atoms with Gasteiger partial charge in [-0.2, -0.15) is 0 Å². The molecule has 65 heavy (non-hydrogen) atoms. The number of benzene rings is 3. The van der Waals surface area contributed by atoms with Gasteiger partial charge in [-0.25, -0.2) is 34.0 Å². The number of nitrogens with two attached hydrogens (primary N) is 3. The van der Waals surface area contributed by atoms with E-state index in [1.54, 1.807) is 60.7 Å². The van der Waals surface area contributed by atoms with Crippen molar-refractivity contribution in [3.05, 3.63) is 112 Å². The average Bonchev–Trinajstić information content (AvgIpc) is 3.27. The normalized spacial score (nSPS) is 13.0. The van der Waals surface area contributed by atoms with E-state index >= 15 is 4.79 Å². The summed E-state index contributed by atoms with van der Waals surface area (Å²) >= 11 is 0. The fourth-order valence-corrected chi connectivity index (χ4v) is 6.75. The second-order valence-electron chi connectivity index (χ2n) is 14.3. The molecule has 1 unspecified atom stereocenters. The highest BCUT2D eigenvalue weighted by atomic mass is 31.2. The van der Waals surface area contributed by atoms with Crippen molar-refractivity contribution in [1.29, 1.82) is 0 Å². The van der Waals surface area contributed by atoms with Gasteiger partial charge in [0.25, 0.3) is 0 Å². The molecule has 352 valence electrons. The van der Waals surface area contributed by atoms with Gasteiger partial charge in [-0.05, 0) is 73.5 Å². The van der Waals surface area contributed by atoms with Gasteiger partial charge in [0.1, 0.15) is 31.5 Å². The van der Waals surface area contributed by atoms with Gasteiger partial charge in [0.05, 0.1) is 12.5 Å². The zero-order valence-corrected chi connectivity index (χ0v) is 36.0. The molecule has 0 aromatic heterocycles. The number of carboxylic acid groups (broad SMARTS) is 1. The summed E-state index contributed by atoms with van der Waals surface area (Å²) in [4.78, 5) is 132. The van der Waals surface area contributed by atoms with E-state index in [9.17, 15) is 58.3 Å². The van der Waals surface area contributed by atoms with E-state index in [1.165, 1.54) is 18.2 Å². The van der Waals surface area contributed by atoms with Crippen LogP contribution in [0.15, 0.2) is 91.0 Å². The summed E-state index contributed by atoms with van der Waals surface area (Å²) in [5, 5.41) is 22.0. The Balaban J connectivity index is 2.30. The van der Waals surface area contributed by atoms with Gasteiger partial charge < -0.3 is 41.6 Å². The van der Waals surface area contributed by atoms with Crippen LogP contribution in [0.3, 0.4) is 0 Å². The van der Waals surface area contributed by atoms with Gasteiger partial charge >= 0.3 is 31.9 Å². The van der Waals surface area contributed by atoms with Crippen molar-refractivity contribution in [1.82, 2.24) is 9.80 Å². The van der Waals surface area contributed by atoms with Crippen molar-refractivity contribution in [2.75, 3.05) is 24.7 Å². The number of phosphoric acid groups is 1. The molecule has 0 radical (unpaired) electrons. The van der Waals surface area contributed by atoms with Gasteiger partial charge in [0.15, 0.2) is 10.8 Å². The number of hydrazine groups is 1. The number of imide groups is 2. The molecule has 0 spiro atoms. The molecule has 5 amide bonds. The Morgan fingerprint density at radius 3 is 1.69 bits per heavy atom. The number of nitrogens with zero attached hydrogens (tertiary/aromatic N) is 4. The molecule has 0 heterocycles. The van der Waals surface area contributed by atoms with Crippen molar-refractivity contribution < 1.29 is 72.0 Å². The number of rotatable bonds is 26. The number of hydrogen-bond donors (Lipinski definition) is 6. The van der Waals surface area contributed by atoms with E-state index in [-0.39, 0.29) is 59.3 Å². The molecule has 23 nitrogen and oxygen atoms in total. The van der Waals surface area contributed by atoms with Crippen LogP contribution in [0.4, 0.5) is 15.3 Å². The van der Waals surface area contributed by atoms with Gasteiger partial charge in [0, 0.05) is 6.42 Å². The van der Waals surface area contributed by atoms with E-state index in [0.29, 0.717) is 17.5 Å². The molecule has 0 aliphatic heterocycles. The van der Waals surface area contributed by atoms with Crippen LogP contribution in [0, 0.1) is 10.1 Å². The lowest BCUT2D eigenvalue weighted by Gasteiger charge is -2.41. The monoisotopic (exact) mass is 929 g/mol. The highest BCUT2D eigenvalue weighted by Gasteiger charge is 2.60. The Morgan fingerprint density at radius 2 is 1.23 bits per heavy atom. The molecule has 3 aromatic rings. The lowest BCUT2D eigenvalue weighted by atomic mass is 9.84. The molecule has 0 saturated heterocycles. The number of carbonyl (C=O) groups excluding carboxylic acids is 6. The first kappa shape index (κ1) is 52.9. The first-order valence-corrected chi connectivity index (χ1v) is 21.7. The molecule has 0 saturated carbocycles. The predicted molar refractivity (Wildman–Crippen MR) is 228 cm³/mol. The fourth-order valence-electron chi connectivity index (χ4n) is 6.40. The highest BCUT2D eigenvalue weighted by molar-refractivity contribution is 7.46. The van der Waals surface area contributed by atoms with Crippen LogP contribution in [0.5, 0.6) is 0 Å². The Kier molecular flexibility index (Phi) is 20.9. The largest absolute Gasteiger partial charge is 0.479 e. The minimum Gasteiger partial charge on any atom is -0.479 e. The standard InChI is InChI=1S/C41H52N7O16P/c42-23-13-4-11-22-34(49)46(35(50)25-32(44)37(52)47(48(57)58)31-19-9-3-10-20-31)41(38(53)54,28-64-65(59,60)61)36(51)33(21-12-14-24-43)45(39(55)62-26-29-15-5-1-6-16-29)40(56)63-27-30-17-7-2-8-18-30/h1-3,5-10,15-20,32-33H,4,11-14,21-28,42-44H2,(H,53,54)(H2,59,60,61)/t32?,33-,41+/m0/s1. The third kappa shape index (κ3) is 15.3. The summed E-state index contributed by atoms with van der Waals surface area (Å²) in [5.41, 5.74) is 13.9. The first-order chi connectivity index (χ1) is 30.9. The van der Waals surface area contributed by atoms with E-state index in [4.69, 9.17) is 26.7 Å². The lowest BCUT2D eigenvalue weighted by Crippen LogP contribution is -2.71. The molecule has 3 aromatic carbocycles. The number of nitro groups is 1. The molecule has 3 atom stereocenters. The molecular weight excluding hydrogens is 877 g/mol. The van der Waals surface area contributed by atoms with Crippen LogP contribution >= 0.6 is 7.82 Å². The average molecular weight is 930 g/mol. The van der Waals surface area contributed by atoms with Gasteiger partial charge in [-0.1, -0.05) is 85.3 Å². The van der Waals surface area contributed by atoms with E-state index in [1.807, 2.05) is 0 Å². The number of amides is 5. The smallest absolute Gasteiger partial charge is 0.469 e. The van der Waals surface area contributed by atoms with E-state index in [0.717, 1.165) is 12.1 Å². The summed E-state index contributed by atoms with van der Waals surface area (Å²) in [6.07, 6.45) is -5.67. The Labute approximate surface area is 372 Å². The number of Topliss-reactive ketones (excluding diaryl/α,β-unsaturated/α-hetero) is 1. The summed E-state index contributed by atoms with van der Waals surface area (Å²) in [6.45, 7) is -2.92. The number of hydrogen-bond acceptors (Lipinski definition) is 16. The first-order valence-electron chi connectivity index (χ1n) is 20.1. The zero-order valence-electron chi connectivity index (χ0n) is 35.1. The van der Waals surface area contributed by atoms with Crippen molar-refractivity contribution in [2.45, 2.75) is 82.2 Å². The maximum absolute atomic E-state index is 15.4. The predicted octanol–water partition coefficient (Wildman–Crippen LogP) is 2.78. The van der Waals surface area contributed by atoms with Gasteiger partial charge in [0.2, 0.25) is 17.4 Å². The van der Waals surface area contributed by atoms with Crippen LogP contribution in [-0.2, 0) is 55.7 Å². The fraction of sp³-hybridized carbons (Fsp3) is 0.390. The number of aliphatic carboxylic acids is 1. The second-order valence-corrected chi connectivity index (χ2v) is 15.5. The molecule has 0 fully saturated rings. The number of ether oxygens (including phenoxy) is 2. The van der Waals surface area contributed by atoms with Crippen molar-refractivity contribution in [3.8, 4) is 0 Å². The Hall–Kier alpha value is -6.46. The van der Waals surface area contributed by atoms with Crippen molar-refractivity contribution in [3.63, 3.8) is 0 Å². The number of unbranched alkanes of at least 4 members (excludes halogenated alkanes) is 3. The molecular formula is C41H52N7O16P. The number of anilines is 1. The quantitative estimate of drug-likeness (QED) is 0.0221. The molecule has 24 heteroatoms. The summed E-state index contributed by atoms with van der Waals surface area (Å²) in [5.74, 6) is -9.16. The van der Waals surface area contributed by atoms with Crippen LogP contribution in [0.25, 0.3) is 0 Å². The highest BCUT2D eigenvalue weighted by Crippen LogP contribution is 2.39. The number of phosphoric ester groups is 1. The van der Waals surface area contributed by atoms with Crippen LogP contribution in [-0.4, -0.2) is 109 Å². The Bertz CT molecular complexity index is 2090. The molecule has 0 aliphatic carbocycles. The topological polar surface area (TPSA) is 356 Å². The van der Waals surface area contributed by atoms with Gasteiger partial charge in [-0.15, -0.1) is 0 Å². The minimum atomic E-state index is -5.83. The maximum atomic E-state index is 15.4. The molecule has 9 N–H and O–H groups in total. The molecule has 0 bridgehead atoms. The van der Waals surface area contributed by atoms with E-state index < -0.39 is 111 Å². The number of carboxylic acids is 1. The number of ketones is 1. The van der Waals surface area contributed by atoms with Crippen molar-refractivity contribution >= 4 is 55.2 Å². The zero-order chi connectivity index (χ0) is 48.2. The van der Waals surface area contributed by atoms with Crippen LogP contribution in [0.2, 0.25) is 0 Å². The molecule has 3 rings (SSSR count). The maximum Gasteiger partial charge on any atom is 0.469 e. The third-order valence-electron chi connectivity index (χ3n) is 9.61. The van der Waals surface area contributed by atoms with E-state index in [2.05, 4.69) is 4.52 Å². The van der Waals surface area contributed by atoms with Gasteiger partial charge in [-0.3, -0.25) is 28.6 Å². The lowest BCUT2D eigenvalue weighted by molar-refractivity contribution is -0.484. The van der Waals surface area contributed by atoms with Crippen LogP contribution < -0.4 is 22.2 Å². The summed E-state index contributed by atoms with van der Waals surface area (Å²) in [7, 11) is -5.83. The SMILES string of the molecule is NCCCCCC(=O)N(C(=O)CC(N)C(=O)N(c1ccccc1)[N+](=O)[O-])[C@@](COP(=O)(O)O)(C(=O)O)C(=O)[C@H](CCCCN)N(C(=O)OCc1ccccc1)C(=O)OCc1ccccc1. The van der Waals surface area contributed by atoms with Crippen LogP contribution in [0.1, 0.15) is 62.5 Å². The van der Waals surface area contributed by atoms with Crippen molar-refractivity contribution in [2.24, 2.45) is 17.2 Å². The minimum absolute atomic E-state index is 0.0170. The number of carbonyl (C=O) groups is 7. The Morgan fingerprint density at radius 1 is 0.738 bits per heavy atom. The summed E-state index contributed by atoms with van der Waals surface area (Å²) in [6, 6.07) is 17.8.